The Kier molecular flexibility index (Phi) is 5.14. The number of hydrogen-bond donors (Lipinski definition) is 1. The van der Waals surface area contributed by atoms with Gasteiger partial charge in [0.15, 0.2) is 0 Å². The molecule has 0 unspecified atom stereocenters. The molecule has 1 saturated heterocycles. The van der Waals surface area contributed by atoms with Gasteiger partial charge in [0.05, 0.1) is 6.54 Å². The van der Waals surface area contributed by atoms with Crippen LogP contribution in [0.2, 0.25) is 0 Å². The Balaban J connectivity index is 1.57. The summed E-state index contributed by atoms with van der Waals surface area (Å²) in [6.07, 6.45) is 2.62. The van der Waals surface area contributed by atoms with Crippen molar-refractivity contribution in [3.63, 3.8) is 0 Å². The van der Waals surface area contributed by atoms with Crippen LogP contribution in [0.1, 0.15) is 25.0 Å². The first-order chi connectivity index (χ1) is 9.25. The molecule has 1 fully saturated rings. The van der Waals surface area contributed by atoms with Gasteiger partial charge in [-0.25, -0.2) is 4.63 Å². The predicted molar refractivity (Wildman–Crippen MR) is 65.7 cm³/mol. The molecule has 2 heterocycles. The summed E-state index contributed by atoms with van der Waals surface area (Å²) in [7, 11) is 0. The number of ether oxygens (including phenoxy) is 2. The van der Waals surface area contributed by atoms with Crippen LogP contribution in [-0.4, -0.2) is 42.6 Å². The predicted octanol–water partition coefficient (Wildman–Crippen LogP) is 0.690. The van der Waals surface area contributed by atoms with E-state index in [0.717, 1.165) is 19.4 Å². The third-order valence-corrected chi connectivity index (χ3v) is 3.00. The lowest BCUT2D eigenvalue weighted by Gasteiger charge is -2.21. The van der Waals surface area contributed by atoms with Crippen molar-refractivity contribution in [3.8, 4) is 5.88 Å². The fraction of sp³-hybridized carbons (Fsp3) is 0.750. The first-order valence-electron chi connectivity index (χ1n) is 6.52. The number of amides is 1. The maximum absolute atomic E-state index is 11.7. The van der Waals surface area contributed by atoms with E-state index in [9.17, 15) is 4.79 Å². The standard InChI is InChI=1S/C12H19N3O4/c1-9-12(15-19-14-9)18-6-4-13-11(16)7-10-3-2-5-17-8-10/h10H,2-8H2,1H3,(H,13,16)/t10-/m1/s1. The minimum Gasteiger partial charge on any atom is -0.472 e. The van der Waals surface area contributed by atoms with Gasteiger partial charge in [0.2, 0.25) is 5.91 Å². The van der Waals surface area contributed by atoms with Crippen molar-refractivity contribution in [1.29, 1.82) is 0 Å². The fourth-order valence-electron chi connectivity index (χ4n) is 2.00. The largest absolute Gasteiger partial charge is 0.472 e. The van der Waals surface area contributed by atoms with Crippen molar-refractivity contribution in [3.05, 3.63) is 5.69 Å². The quantitative estimate of drug-likeness (QED) is 0.765. The smallest absolute Gasteiger partial charge is 0.278 e. The summed E-state index contributed by atoms with van der Waals surface area (Å²) in [5.74, 6) is 0.751. The van der Waals surface area contributed by atoms with E-state index in [1.165, 1.54) is 0 Å². The van der Waals surface area contributed by atoms with Gasteiger partial charge in [-0.3, -0.25) is 4.79 Å². The second-order valence-corrected chi connectivity index (χ2v) is 4.64. The summed E-state index contributed by atoms with van der Waals surface area (Å²) in [5.41, 5.74) is 0.602. The summed E-state index contributed by atoms with van der Waals surface area (Å²) in [5, 5.41) is 10.00. The van der Waals surface area contributed by atoms with Crippen molar-refractivity contribution in [2.75, 3.05) is 26.4 Å². The van der Waals surface area contributed by atoms with Crippen LogP contribution in [0.4, 0.5) is 0 Å². The molecule has 1 amide bonds. The summed E-state index contributed by atoms with van der Waals surface area (Å²) >= 11 is 0. The molecule has 7 nitrogen and oxygen atoms in total. The molecule has 106 valence electrons. The number of hydrogen-bond acceptors (Lipinski definition) is 6. The molecule has 1 atom stereocenters. The molecule has 2 rings (SSSR count). The third kappa shape index (κ3) is 4.51. The van der Waals surface area contributed by atoms with Crippen LogP contribution < -0.4 is 10.1 Å². The second kappa shape index (κ2) is 7.08. The Morgan fingerprint density at radius 3 is 3.11 bits per heavy atom. The lowest BCUT2D eigenvalue weighted by atomic mass is 9.98. The Labute approximate surface area is 111 Å². The van der Waals surface area contributed by atoms with Crippen LogP contribution in [0.5, 0.6) is 5.88 Å². The van der Waals surface area contributed by atoms with Crippen LogP contribution in [0.3, 0.4) is 0 Å². The van der Waals surface area contributed by atoms with Gasteiger partial charge in [0, 0.05) is 19.6 Å². The van der Waals surface area contributed by atoms with Crippen molar-refractivity contribution in [1.82, 2.24) is 15.6 Å². The van der Waals surface area contributed by atoms with Gasteiger partial charge < -0.3 is 14.8 Å². The summed E-state index contributed by atoms with van der Waals surface area (Å²) in [6.45, 7) is 4.04. The zero-order valence-electron chi connectivity index (χ0n) is 11.1. The molecule has 1 aliphatic rings. The van der Waals surface area contributed by atoms with Crippen molar-refractivity contribution >= 4 is 5.91 Å². The Bertz CT molecular complexity index is 401. The van der Waals surface area contributed by atoms with E-state index >= 15 is 0 Å². The number of nitrogens with zero attached hydrogens (tertiary/aromatic N) is 2. The Morgan fingerprint density at radius 1 is 1.53 bits per heavy atom. The SMILES string of the molecule is Cc1nonc1OCCNC(=O)C[C@H]1CCCOC1. The highest BCUT2D eigenvalue weighted by Gasteiger charge is 2.17. The number of rotatable bonds is 6. The first kappa shape index (κ1) is 13.8. The third-order valence-electron chi connectivity index (χ3n) is 3.00. The van der Waals surface area contributed by atoms with E-state index in [-0.39, 0.29) is 5.91 Å². The Hall–Kier alpha value is -1.63. The number of carbonyl (C=O) groups excluding carboxylic acids is 1. The average Bonchev–Trinajstić information content (AvgIpc) is 2.81. The fourth-order valence-corrected chi connectivity index (χ4v) is 2.00. The molecule has 0 bridgehead atoms. The molecule has 1 aromatic heterocycles. The summed E-state index contributed by atoms with van der Waals surface area (Å²) in [4.78, 5) is 11.7. The molecule has 1 aliphatic heterocycles. The molecule has 0 saturated carbocycles. The summed E-state index contributed by atoms with van der Waals surface area (Å²) in [6, 6.07) is 0. The minimum absolute atomic E-state index is 0.0362. The Morgan fingerprint density at radius 2 is 2.42 bits per heavy atom. The van der Waals surface area contributed by atoms with Gasteiger partial charge in [-0.2, -0.15) is 0 Å². The highest BCUT2D eigenvalue weighted by molar-refractivity contribution is 5.76. The topological polar surface area (TPSA) is 86.5 Å². The first-order valence-corrected chi connectivity index (χ1v) is 6.52. The molecule has 0 aromatic carbocycles. The van der Waals surface area contributed by atoms with Crippen molar-refractivity contribution in [2.24, 2.45) is 5.92 Å². The van der Waals surface area contributed by atoms with Crippen LogP contribution >= 0.6 is 0 Å². The lowest BCUT2D eigenvalue weighted by molar-refractivity contribution is -0.123. The van der Waals surface area contributed by atoms with E-state index in [4.69, 9.17) is 9.47 Å². The van der Waals surface area contributed by atoms with E-state index in [1.807, 2.05) is 0 Å². The van der Waals surface area contributed by atoms with Gasteiger partial charge in [0.1, 0.15) is 12.3 Å². The van der Waals surface area contributed by atoms with Crippen LogP contribution in [0.15, 0.2) is 4.63 Å². The molecular formula is C12H19N3O4. The minimum atomic E-state index is 0.0362. The number of aryl methyl sites for hydroxylation is 1. The lowest BCUT2D eigenvalue weighted by Crippen LogP contribution is -2.31. The zero-order valence-corrected chi connectivity index (χ0v) is 11.1. The van der Waals surface area contributed by atoms with Crippen molar-refractivity contribution in [2.45, 2.75) is 26.2 Å². The molecule has 0 aliphatic carbocycles. The van der Waals surface area contributed by atoms with Gasteiger partial charge >= 0.3 is 0 Å². The van der Waals surface area contributed by atoms with E-state index in [1.54, 1.807) is 6.92 Å². The number of carbonyl (C=O) groups is 1. The molecule has 1 aromatic rings. The van der Waals surface area contributed by atoms with E-state index in [0.29, 0.717) is 43.7 Å². The molecule has 0 spiro atoms. The zero-order chi connectivity index (χ0) is 13.5. The van der Waals surface area contributed by atoms with E-state index in [2.05, 4.69) is 20.3 Å². The molecule has 1 N–H and O–H groups in total. The molecular weight excluding hydrogens is 250 g/mol. The second-order valence-electron chi connectivity index (χ2n) is 4.64. The highest BCUT2D eigenvalue weighted by atomic mass is 16.6. The van der Waals surface area contributed by atoms with Crippen LogP contribution in [0.25, 0.3) is 0 Å². The monoisotopic (exact) mass is 269 g/mol. The van der Waals surface area contributed by atoms with Crippen LogP contribution in [-0.2, 0) is 9.53 Å². The highest BCUT2D eigenvalue weighted by Crippen LogP contribution is 2.16. The molecule has 7 heteroatoms. The van der Waals surface area contributed by atoms with E-state index < -0.39 is 0 Å². The van der Waals surface area contributed by atoms with Crippen LogP contribution in [0, 0.1) is 12.8 Å². The normalized spacial score (nSPS) is 19.1. The molecule has 0 radical (unpaired) electrons. The van der Waals surface area contributed by atoms with Gasteiger partial charge in [-0.15, -0.1) is 0 Å². The van der Waals surface area contributed by atoms with Gasteiger partial charge in [-0.1, -0.05) is 5.16 Å². The van der Waals surface area contributed by atoms with Gasteiger partial charge in [0.25, 0.3) is 5.88 Å². The average molecular weight is 269 g/mol. The number of aromatic nitrogens is 2. The maximum Gasteiger partial charge on any atom is 0.278 e. The summed E-state index contributed by atoms with van der Waals surface area (Å²) < 4.78 is 15.1. The molecule has 19 heavy (non-hydrogen) atoms. The maximum atomic E-state index is 11.7. The van der Waals surface area contributed by atoms with Gasteiger partial charge in [-0.05, 0) is 30.8 Å². The van der Waals surface area contributed by atoms with Crippen molar-refractivity contribution < 1.29 is 18.9 Å². The number of nitrogens with one attached hydrogen (secondary N) is 1.